The number of rotatable bonds is 4. The number of hydrazone groups is 1. The number of benzene rings is 2. The van der Waals surface area contributed by atoms with Gasteiger partial charge in [-0.2, -0.15) is 5.10 Å². The molecule has 0 spiro atoms. The average Bonchev–Trinajstić information content (AvgIpc) is 2.57. The maximum absolute atomic E-state index is 11.7. The zero-order valence-electron chi connectivity index (χ0n) is 12.2. The molecule has 0 aliphatic heterocycles. The first-order valence-electron chi connectivity index (χ1n) is 6.69. The van der Waals surface area contributed by atoms with Gasteiger partial charge in [0.05, 0.1) is 11.8 Å². The number of carboxylic acids is 1. The third-order valence-corrected chi connectivity index (χ3v) is 3.37. The average molecular weight is 390 g/mol. The Morgan fingerprint density at radius 3 is 2.17 bits per heavy atom. The Hall–Kier alpha value is -3.00. The van der Waals surface area contributed by atoms with Gasteiger partial charge in [-0.05, 0) is 42.0 Å². The molecule has 3 N–H and O–H groups in total. The number of carbonyl (C=O) groups excluding carboxylic acids is 2. The van der Waals surface area contributed by atoms with Gasteiger partial charge in [-0.3, -0.25) is 9.59 Å². The molecule has 2 aromatic rings. The van der Waals surface area contributed by atoms with Crippen molar-refractivity contribution in [2.24, 2.45) is 5.10 Å². The molecule has 0 saturated heterocycles. The minimum atomic E-state index is -1.03. The van der Waals surface area contributed by atoms with Crippen LogP contribution >= 0.6 is 15.9 Å². The molecule has 0 aliphatic carbocycles. The molecule has 2 amide bonds. The number of halogens is 1. The zero-order chi connectivity index (χ0) is 17.5. The van der Waals surface area contributed by atoms with Crippen LogP contribution in [-0.4, -0.2) is 29.1 Å². The molecule has 24 heavy (non-hydrogen) atoms. The summed E-state index contributed by atoms with van der Waals surface area (Å²) in [5.74, 6) is -2.80. The van der Waals surface area contributed by atoms with Crippen molar-refractivity contribution < 1.29 is 19.5 Å². The Balaban J connectivity index is 1.88. The summed E-state index contributed by atoms with van der Waals surface area (Å²) in [5, 5.41) is 14.9. The molecule has 8 heteroatoms. The maximum Gasteiger partial charge on any atom is 0.335 e. The summed E-state index contributed by atoms with van der Waals surface area (Å²) in [5.41, 5.74) is 3.29. The fraction of sp³-hybridized carbons (Fsp3) is 0. The van der Waals surface area contributed by atoms with E-state index in [9.17, 15) is 14.4 Å². The number of nitrogens with zero attached hydrogens (tertiary/aromatic N) is 1. The number of hydrogen-bond acceptors (Lipinski definition) is 4. The lowest BCUT2D eigenvalue weighted by Crippen LogP contribution is -2.32. The van der Waals surface area contributed by atoms with Crippen molar-refractivity contribution >= 4 is 45.6 Å². The van der Waals surface area contributed by atoms with E-state index < -0.39 is 17.8 Å². The van der Waals surface area contributed by atoms with Gasteiger partial charge in [-0.25, -0.2) is 10.2 Å². The van der Waals surface area contributed by atoms with E-state index in [0.29, 0.717) is 11.3 Å². The number of carbonyl (C=O) groups is 3. The van der Waals surface area contributed by atoms with E-state index in [-0.39, 0.29) is 5.56 Å². The number of carboxylic acid groups (broad SMARTS) is 1. The highest BCUT2D eigenvalue weighted by atomic mass is 79.9. The third kappa shape index (κ3) is 5.03. The van der Waals surface area contributed by atoms with Gasteiger partial charge < -0.3 is 10.4 Å². The van der Waals surface area contributed by atoms with Crippen LogP contribution < -0.4 is 10.7 Å². The monoisotopic (exact) mass is 389 g/mol. The first kappa shape index (κ1) is 17.4. The molecule has 0 heterocycles. The molecule has 0 saturated carbocycles. The van der Waals surface area contributed by atoms with Crippen LogP contribution in [0.5, 0.6) is 0 Å². The first-order valence-corrected chi connectivity index (χ1v) is 7.48. The second-order valence-corrected chi connectivity index (χ2v) is 5.50. The Morgan fingerprint density at radius 1 is 0.958 bits per heavy atom. The first-order chi connectivity index (χ1) is 11.5. The maximum atomic E-state index is 11.7. The summed E-state index contributed by atoms with van der Waals surface area (Å²) in [6.07, 6.45) is 1.30. The van der Waals surface area contributed by atoms with Crippen molar-refractivity contribution in [3.05, 3.63) is 64.1 Å². The Morgan fingerprint density at radius 2 is 1.58 bits per heavy atom. The molecule has 0 radical (unpaired) electrons. The fourth-order valence-corrected chi connectivity index (χ4v) is 1.91. The molecule has 0 bridgehead atoms. The van der Waals surface area contributed by atoms with E-state index in [2.05, 4.69) is 31.8 Å². The van der Waals surface area contributed by atoms with Crippen LogP contribution in [0.15, 0.2) is 58.1 Å². The normalized spacial score (nSPS) is 10.4. The van der Waals surface area contributed by atoms with Gasteiger partial charge in [-0.15, -0.1) is 0 Å². The third-order valence-electron chi connectivity index (χ3n) is 2.85. The molecule has 2 rings (SSSR count). The van der Waals surface area contributed by atoms with Crippen LogP contribution in [-0.2, 0) is 9.59 Å². The minimum Gasteiger partial charge on any atom is -0.478 e. The summed E-state index contributed by atoms with van der Waals surface area (Å²) in [6, 6.07) is 12.6. The molecule has 2 aromatic carbocycles. The lowest BCUT2D eigenvalue weighted by molar-refractivity contribution is -0.136. The summed E-state index contributed by atoms with van der Waals surface area (Å²) in [7, 11) is 0. The predicted octanol–water partition coefficient (Wildman–Crippen LogP) is 2.24. The highest BCUT2D eigenvalue weighted by Gasteiger charge is 2.12. The predicted molar refractivity (Wildman–Crippen MR) is 91.9 cm³/mol. The Labute approximate surface area is 145 Å². The molecule has 0 aliphatic rings. The minimum absolute atomic E-state index is 0.144. The molecule has 7 nitrogen and oxygen atoms in total. The second-order valence-electron chi connectivity index (χ2n) is 4.59. The molecule has 0 unspecified atom stereocenters. The molecule has 122 valence electrons. The lowest BCUT2D eigenvalue weighted by Gasteiger charge is -2.03. The van der Waals surface area contributed by atoms with Crippen LogP contribution in [0.1, 0.15) is 15.9 Å². The van der Waals surface area contributed by atoms with Gasteiger partial charge in [0.2, 0.25) is 0 Å². The largest absolute Gasteiger partial charge is 0.478 e. The van der Waals surface area contributed by atoms with E-state index >= 15 is 0 Å². The molecular formula is C16H12BrN3O4. The van der Waals surface area contributed by atoms with Crippen LogP contribution in [0.25, 0.3) is 0 Å². The molecular weight excluding hydrogens is 378 g/mol. The quantitative estimate of drug-likeness (QED) is 0.423. The van der Waals surface area contributed by atoms with Crippen molar-refractivity contribution in [3.8, 4) is 0 Å². The van der Waals surface area contributed by atoms with E-state index in [4.69, 9.17) is 5.11 Å². The fourth-order valence-electron chi connectivity index (χ4n) is 1.65. The summed E-state index contributed by atoms with van der Waals surface area (Å²) >= 11 is 3.27. The Bertz CT molecular complexity index is 786. The van der Waals surface area contributed by atoms with E-state index in [1.165, 1.54) is 30.5 Å². The standard InChI is InChI=1S/C16H12BrN3O4/c17-12-5-7-13(8-6-12)19-14(21)15(22)20-18-9-10-1-3-11(4-2-10)16(23)24/h1-9H,(H,19,21)(H,20,22)(H,23,24)/b18-9-. The van der Waals surface area contributed by atoms with Gasteiger partial charge in [-0.1, -0.05) is 28.1 Å². The van der Waals surface area contributed by atoms with Gasteiger partial charge in [0.1, 0.15) is 0 Å². The van der Waals surface area contributed by atoms with Gasteiger partial charge in [0, 0.05) is 10.2 Å². The van der Waals surface area contributed by atoms with Crippen molar-refractivity contribution in [1.29, 1.82) is 0 Å². The van der Waals surface area contributed by atoms with Gasteiger partial charge in [0.15, 0.2) is 0 Å². The smallest absolute Gasteiger partial charge is 0.335 e. The van der Waals surface area contributed by atoms with E-state index in [1.54, 1.807) is 24.3 Å². The number of aromatic carboxylic acids is 1. The van der Waals surface area contributed by atoms with Crippen molar-refractivity contribution in [2.75, 3.05) is 5.32 Å². The Kier molecular flexibility index (Phi) is 5.80. The van der Waals surface area contributed by atoms with Crippen LogP contribution in [0.4, 0.5) is 5.69 Å². The van der Waals surface area contributed by atoms with Crippen molar-refractivity contribution in [1.82, 2.24) is 5.43 Å². The van der Waals surface area contributed by atoms with Crippen LogP contribution in [0.2, 0.25) is 0 Å². The van der Waals surface area contributed by atoms with E-state index in [1.807, 2.05) is 0 Å². The van der Waals surface area contributed by atoms with E-state index in [0.717, 1.165) is 4.47 Å². The molecule has 0 atom stereocenters. The summed E-state index contributed by atoms with van der Waals surface area (Å²) < 4.78 is 0.850. The molecule has 0 fully saturated rings. The molecule has 0 aromatic heterocycles. The number of anilines is 1. The van der Waals surface area contributed by atoms with Crippen molar-refractivity contribution in [2.45, 2.75) is 0 Å². The highest BCUT2D eigenvalue weighted by molar-refractivity contribution is 9.10. The van der Waals surface area contributed by atoms with Crippen LogP contribution in [0, 0.1) is 0 Å². The summed E-state index contributed by atoms with van der Waals surface area (Å²) in [6.45, 7) is 0. The number of nitrogens with one attached hydrogen (secondary N) is 2. The number of amides is 2. The van der Waals surface area contributed by atoms with Gasteiger partial charge in [0.25, 0.3) is 0 Å². The number of hydrogen-bond donors (Lipinski definition) is 3. The SMILES string of the molecule is O=C(N/N=C\c1ccc(C(=O)O)cc1)C(=O)Nc1ccc(Br)cc1. The van der Waals surface area contributed by atoms with Crippen LogP contribution in [0.3, 0.4) is 0 Å². The highest BCUT2D eigenvalue weighted by Crippen LogP contribution is 2.13. The van der Waals surface area contributed by atoms with Crippen molar-refractivity contribution in [3.63, 3.8) is 0 Å². The lowest BCUT2D eigenvalue weighted by atomic mass is 10.1. The topological polar surface area (TPSA) is 108 Å². The second kappa shape index (κ2) is 8.02. The summed E-state index contributed by atoms with van der Waals surface area (Å²) in [4.78, 5) is 34.0. The van der Waals surface area contributed by atoms with Gasteiger partial charge >= 0.3 is 17.8 Å². The zero-order valence-corrected chi connectivity index (χ0v) is 13.8.